The molecule has 3 saturated carbocycles. The van der Waals surface area contributed by atoms with E-state index in [0.29, 0.717) is 23.4 Å². The second-order valence-corrected chi connectivity index (χ2v) is 9.97. The molecule has 4 heteroatoms. The van der Waals surface area contributed by atoms with E-state index in [0.717, 1.165) is 32.1 Å². The molecule has 0 saturated heterocycles. The van der Waals surface area contributed by atoms with Gasteiger partial charge < -0.3 is 5.32 Å². The number of carbonyl (C=O) groups is 2. The van der Waals surface area contributed by atoms with Gasteiger partial charge in [-0.2, -0.15) is 0 Å². The van der Waals surface area contributed by atoms with Crippen LogP contribution in [0.4, 0.5) is 0 Å². The smallest absolute Gasteiger partial charge is 0.243 e. The number of nitrogens with zero attached hydrogens (tertiary/aromatic N) is 1. The highest BCUT2D eigenvalue weighted by Crippen LogP contribution is 2.65. The van der Waals surface area contributed by atoms with Gasteiger partial charge in [-0.05, 0) is 79.9 Å². The SMILES string of the molecule is C[C@]12C=CC(=O)N[C@@H]1CC[C@@H]1[C@@H]2CC[C@]2(C)[C@@H](C(=O)c3ccccn3)CC[C@@H]12. The number of ketones is 1. The molecule has 0 unspecified atom stereocenters. The first kappa shape index (κ1) is 18.1. The summed E-state index contributed by atoms with van der Waals surface area (Å²) in [6.45, 7) is 4.72. The topological polar surface area (TPSA) is 59.1 Å². The van der Waals surface area contributed by atoms with Crippen LogP contribution in [0.25, 0.3) is 0 Å². The molecule has 3 aliphatic carbocycles. The normalized spacial score (nSPS) is 44.2. The van der Waals surface area contributed by atoms with E-state index in [4.69, 9.17) is 0 Å². The molecule has 0 spiro atoms. The Morgan fingerprint density at radius 1 is 1.11 bits per heavy atom. The molecule has 7 atom stereocenters. The van der Waals surface area contributed by atoms with Crippen LogP contribution >= 0.6 is 0 Å². The van der Waals surface area contributed by atoms with Crippen LogP contribution in [0.3, 0.4) is 0 Å². The van der Waals surface area contributed by atoms with Gasteiger partial charge in [0.2, 0.25) is 5.91 Å². The Bertz CT molecular complexity index is 834. The van der Waals surface area contributed by atoms with E-state index in [1.54, 1.807) is 12.3 Å². The molecule has 1 aliphatic heterocycles. The van der Waals surface area contributed by atoms with E-state index in [2.05, 4.69) is 30.2 Å². The number of rotatable bonds is 2. The number of aromatic nitrogens is 1. The summed E-state index contributed by atoms with van der Waals surface area (Å²) in [7, 11) is 0. The second-order valence-electron chi connectivity index (χ2n) is 9.97. The lowest BCUT2D eigenvalue weighted by Crippen LogP contribution is -2.59. The van der Waals surface area contributed by atoms with Gasteiger partial charge >= 0.3 is 0 Å². The predicted octanol–water partition coefficient (Wildman–Crippen LogP) is 4.18. The zero-order valence-electron chi connectivity index (χ0n) is 16.9. The van der Waals surface area contributed by atoms with Gasteiger partial charge in [0.05, 0.1) is 0 Å². The van der Waals surface area contributed by atoms with Crippen molar-refractivity contribution in [2.75, 3.05) is 0 Å². The Balaban J connectivity index is 1.44. The van der Waals surface area contributed by atoms with Gasteiger partial charge in [-0.1, -0.05) is 26.0 Å². The molecule has 0 aromatic carbocycles. The van der Waals surface area contributed by atoms with Crippen molar-refractivity contribution >= 4 is 11.7 Å². The molecular weight excluding hydrogens is 348 g/mol. The van der Waals surface area contributed by atoms with Crippen molar-refractivity contribution in [2.45, 2.75) is 58.4 Å². The van der Waals surface area contributed by atoms with Crippen LogP contribution in [0.15, 0.2) is 36.5 Å². The van der Waals surface area contributed by atoms with Crippen LogP contribution in [-0.2, 0) is 4.79 Å². The molecule has 0 bridgehead atoms. The van der Waals surface area contributed by atoms with Crippen molar-refractivity contribution in [3.63, 3.8) is 0 Å². The Labute approximate surface area is 167 Å². The number of carbonyl (C=O) groups excluding carboxylic acids is 2. The third-order valence-corrected chi connectivity index (χ3v) is 8.92. The average molecular weight is 379 g/mol. The molecular formula is C24H30N2O2. The third kappa shape index (κ3) is 2.46. The summed E-state index contributed by atoms with van der Waals surface area (Å²) in [4.78, 5) is 29.5. The molecule has 1 aromatic rings. The van der Waals surface area contributed by atoms with Crippen LogP contribution in [0.1, 0.15) is 62.9 Å². The highest BCUT2D eigenvalue weighted by atomic mass is 16.1. The summed E-state index contributed by atoms with van der Waals surface area (Å²) in [5.74, 6) is 2.26. The van der Waals surface area contributed by atoms with E-state index in [1.165, 1.54) is 6.42 Å². The van der Waals surface area contributed by atoms with Gasteiger partial charge in [-0.15, -0.1) is 0 Å². The largest absolute Gasteiger partial charge is 0.349 e. The zero-order chi connectivity index (χ0) is 19.5. The Hall–Kier alpha value is -1.97. The maximum absolute atomic E-state index is 13.3. The van der Waals surface area contributed by atoms with Gasteiger partial charge in [0.15, 0.2) is 5.78 Å². The lowest BCUT2D eigenvalue weighted by atomic mass is 9.47. The summed E-state index contributed by atoms with van der Waals surface area (Å²) in [5.41, 5.74) is 0.770. The first-order chi connectivity index (χ1) is 13.4. The summed E-state index contributed by atoms with van der Waals surface area (Å²) in [6.07, 6.45) is 12.3. The van der Waals surface area contributed by atoms with E-state index in [1.807, 2.05) is 18.2 Å². The van der Waals surface area contributed by atoms with Gasteiger partial charge in [0.1, 0.15) is 5.69 Å². The number of pyridine rings is 1. The van der Waals surface area contributed by atoms with Crippen LogP contribution in [0.2, 0.25) is 0 Å². The fourth-order valence-corrected chi connectivity index (χ4v) is 7.45. The molecule has 3 fully saturated rings. The van der Waals surface area contributed by atoms with E-state index < -0.39 is 0 Å². The molecule has 1 amide bonds. The van der Waals surface area contributed by atoms with Crippen molar-refractivity contribution in [1.82, 2.24) is 10.3 Å². The van der Waals surface area contributed by atoms with Crippen molar-refractivity contribution < 1.29 is 9.59 Å². The summed E-state index contributed by atoms with van der Waals surface area (Å²) < 4.78 is 0. The number of nitrogens with one attached hydrogen (secondary N) is 1. The lowest BCUT2D eigenvalue weighted by molar-refractivity contribution is -0.122. The average Bonchev–Trinajstić information content (AvgIpc) is 3.06. The Kier molecular flexibility index (Phi) is 4.05. The molecule has 4 aliphatic rings. The predicted molar refractivity (Wildman–Crippen MR) is 108 cm³/mol. The van der Waals surface area contributed by atoms with Crippen LogP contribution in [0, 0.1) is 34.5 Å². The second kappa shape index (κ2) is 6.27. The molecule has 4 nitrogen and oxygen atoms in total. The molecule has 2 heterocycles. The van der Waals surface area contributed by atoms with Crippen LogP contribution < -0.4 is 5.32 Å². The number of hydrogen-bond donors (Lipinski definition) is 1. The summed E-state index contributed by atoms with van der Waals surface area (Å²) in [6, 6.07) is 5.92. The van der Waals surface area contributed by atoms with Crippen LogP contribution in [-0.4, -0.2) is 22.7 Å². The van der Waals surface area contributed by atoms with E-state index in [9.17, 15) is 9.59 Å². The molecule has 28 heavy (non-hydrogen) atoms. The number of hydrogen-bond acceptors (Lipinski definition) is 3. The van der Waals surface area contributed by atoms with E-state index in [-0.39, 0.29) is 34.5 Å². The lowest BCUT2D eigenvalue weighted by Gasteiger charge is -2.58. The highest BCUT2D eigenvalue weighted by Gasteiger charge is 2.60. The number of Topliss-reactive ketones (excluding diaryl/α,β-unsaturated/α-hetero) is 1. The fraction of sp³-hybridized carbons (Fsp3) is 0.625. The Morgan fingerprint density at radius 3 is 2.75 bits per heavy atom. The van der Waals surface area contributed by atoms with Gasteiger partial charge in [0.25, 0.3) is 0 Å². The minimum Gasteiger partial charge on any atom is -0.349 e. The van der Waals surface area contributed by atoms with Gasteiger partial charge in [0, 0.05) is 23.6 Å². The highest BCUT2D eigenvalue weighted by molar-refractivity contribution is 5.96. The van der Waals surface area contributed by atoms with Gasteiger partial charge in [-0.25, -0.2) is 0 Å². The minimum absolute atomic E-state index is 0.0568. The first-order valence-corrected chi connectivity index (χ1v) is 10.9. The Morgan fingerprint density at radius 2 is 1.96 bits per heavy atom. The van der Waals surface area contributed by atoms with Crippen molar-refractivity contribution in [1.29, 1.82) is 0 Å². The molecule has 5 rings (SSSR count). The number of fused-ring (bicyclic) bond motifs is 5. The molecule has 1 aromatic heterocycles. The monoisotopic (exact) mass is 378 g/mol. The van der Waals surface area contributed by atoms with E-state index >= 15 is 0 Å². The maximum Gasteiger partial charge on any atom is 0.243 e. The number of amides is 1. The molecule has 148 valence electrons. The third-order valence-electron chi connectivity index (χ3n) is 8.92. The standard InChI is InChI=1S/C24H30N2O2/c1-23-12-10-17-15(6-9-20-24(17,2)13-11-21(27)26-20)16(23)7-8-18(23)22(28)19-5-3-4-14-25-19/h3-5,11,13-18,20H,6-10,12H2,1-2H3,(H,26,27)/t15-,16-,17-,18+,20+,23-,24+/m0/s1. The quantitative estimate of drug-likeness (QED) is 0.786. The summed E-state index contributed by atoms with van der Waals surface area (Å²) >= 11 is 0. The van der Waals surface area contributed by atoms with Crippen molar-refractivity contribution in [3.05, 3.63) is 42.2 Å². The molecule has 1 N–H and O–H groups in total. The van der Waals surface area contributed by atoms with Crippen molar-refractivity contribution in [2.24, 2.45) is 34.5 Å². The minimum atomic E-state index is 0.0568. The summed E-state index contributed by atoms with van der Waals surface area (Å²) in [5, 5.41) is 3.22. The fourth-order valence-electron chi connectivity index (χ4n) is 7.45. The molecule has 0 radical (unpaired) electrons. The van der Waals surface area contributed by atoms with Crippen molar-refractivity contribution in [3.8, 4) is 0 Å². The maximum atomic E-state index is 13.3. The zero-order valence-corrected chi connectivity index (χ0v) is 16.9. The van der Waals surface area contributed by atoms with Gasteiger partial charge in [-0.3, -0.25) is 14.6 Å². The van der Waals surface area contributed by atoms with Crippen LogP contribution in [0.5, 0.6) is 0 Å². The first-order valence-electron chi connectivity index (χ1n) is 10.9.